The van der Waals surface area contributed by atoms with Crippen LogP contribution in [0.25, 0.3) is 0 Å². The molecule has 0 aromatic rings. The van der Waals surface area contributed by atoms with Gasteiger partial charge in [0.15, 0.2) is 0 Å². The molecule has 0 amide bonds. The summed E-state index contributed by atoms with van der Waals surface area (Å²) in [6, 6.07) is 0. The molecular weight excluding hydrogens is 2310 g/mol. The van der Waals surface area contributed by atoms with Gasteiger partial charge in [-0.1, -0.05) is 0 Å². The molecule has 774 valence electrons. The van der Waals surface area contributed by atoms with Crippen molar-refractivity contribution >= 4 is 126 Å². The molecule has 0 atom stereocenters. The average molecular weight is 2510 g/mol. The molecule has 30 nitrogen and oxygen atoms in total. The zero-order valence-corrected chi connectivity index (χ0v) is 99.6. The van der Waals surface area contributed by atoms with Crippen molar-refractivity contribution in [3.05, 3.63) is 0 Å². The van der Waals surface area contributed by atoms with E-state index in [1.165, 1.54) is 444 Å². The summed E-state index contributed by atoms with van der Waals surface area (Å²) in [6.45, 7) is 77.1. The SMILES string of the molecule is CC[N+]1(C)CCCC1.CC[N+]1(C)CCCC1.CC[N+]1(C)CCCC1.CC[N+]1(C)CCCC1.CC[N+]1(C)CCCC1.CC[N+]1(C)CCCC1.CC[N+]1(C)CCCC1.CC[N+]1(C)CCCC1.CC[N+]1(C)CCCC1.CC[N+]1(C)CCCC1.CC[N+]1(C)CCCC1.CC[N+]1(C)CCCC1.F.F.F.F.F.F.[O]=[Sb]([O-])[O-].[O]=[Sb]([O-])[O-].[O]=[Sb]([O-])[O-].[O]=[Sb]([O-])[O-].[O]=[Sb]([O-])[O-].[O]=[Sb]([O-])[O-]. The Balaban J connectivity index is -0.000000110. The Morgan fingerprint density at radius 1 is 0.135 bits per heavy atom. The Hall–Kier alpha value is 2.33. The third-order valence-electron chi connectivity index (χ3n) is 28.9. The third kappa shape index (κ3) is 92.7. The molecule has 12 aliphatic rings. The molecule has 0 aliphatic carbocycles. The van der Waals surface area contributed by atoms with Gasteiger partial charge in [0.1, 0.15) is 0 Å². The first-order valence-corrected chi connectivity index (χ1v) is 65.3. The zero-order chi connectivity index (χ0) is 93.9. The fourth-order valence-electron chi connectivity index (χ4n) is 17.0. The summed E-state index contributed by atoms with van der Waals surface area (Å²) in [5.74, 6) is 0. The van der Waals surface area contributed by atoms with Crippen LogP contribution in [0.5, 0.6) is 0 Å². The summed E-state index contributed by atoms with van der Waals surface area (Å²) in [5, 5.41) is 0. The minimum absolute atomic E-state index is 0. The van der Waals surface area contributed by atoms with E-state index in [0.29, 0.717) is 0 Å². The number of likely N-dealkylation sites (tertiary alicyclic amines) is 12. The Morgan fingerprint density at radius 3 is 0.183 bits per heavy atom. The van der Waals surface area contributed by atoms with Crippen LogP contribution in [-0.4, -0.2) is 500 Å². The first-order valence-electron chi connectivity index (χ1n) is 46.5. The van der Waals surface area contributed by atoms with E-state index in [-0.39, 0.29) is 28.2 Å². The summed E-state index contributed by atoms with van der Waals surface area (Å²) in [6.07, 6.45) is 34.8. The second-order valence-corrected chi connectivity index (χ2v) is 46.1. The first kappa shape index (κ1) is 154. The summed E-state index contributed by atoms with van der Waals surface area (Å²) < 4.78 is 171. The van der Waals surface area contributed by atoms with Crippen molar-refractivity contribution < 1.29 is 141 Å². The number of rotatable bonds is 12. The van der Waals surface area contributed by atoms with Gasteiger partial charge in [0.05, 0.1) is 320 Å². The number of quaternary nitrogens is 12. The average Bonchev–Trinajstić information content (AvgIpc) is 1.89. The molecule has 12 rings (SSSR count). The van der Waals surface area contributed by atoms with E-state index >= 15 is 0 Å². The second-order valence-electron chi connectivity index (χ2n) is 38.4. The fourth-order valence-corrected chi connectivity index (χ4v) is 17.0. The summed E-state index contributed by atoms with van der Waals surface area (Å²) in [4.78, 5) is 0. The predicted molar refractivity (Wildman–Crippen MR) is 482 cm³/mol. The zero-order valence-electron chi connectivity index (χ0n) is 84.3. The number of hydrogen-bond acceptors (Lipinski definition) is 18. The number of halogens is 6. The standard InChI is InChI=1S/12C7H16N.6FH.18O.6Sb/c12*1-3-8(2)6-4-5-7-8;;;;;;;;;;;;;;;;;;;;;;;;;;;;;;/h12*3-7H2,1-2H3;6*1H;;;;;;;;;;;;;;;;;;;;;;;;/q12*+1;;;;;;;;;;;;;12*-1;;;;;;. The van der Waals surface area contributed by atoms with Gasteiger partial charge in [0.25, 0.3) is 0 Å². The van der Waals surface area contributed by atoms with Gasteiger partial charge < -0.3 is 53.8 Å². The van der Waals surface area contributed by atoms with Crippen molar-refractivity contribution in [2.24, 2.45) is 0 Å². The number of nitrogens with zero attached hydrogens (tertiary/aromatic N) is 12. The Morgan fingerprint density at radius 2 is 0.167 bits per heavy atom. The van der Waals surface area contributed by atoms with E-state index in [9.17, 15) is 0 Å². The van der Waals surface area contributed by atoms with Gasteiger partial charge in [-0.25, -0.2) is 0 Å². The number of hydrogen-bond donors (Lipinski definition) is 0. The van der Waals surface area contributed by atoms with E-state index in [2.05, 4.69) is 168 Å². The molecule has 0 spiro atoms. The molecule has 12 saturated heterocycles. The quantitative estimate of drug-likeness (QED) is 0.123. The van der Waals surface area contributed by atoms with Gasteiger partial charge >= 0.3 is 185 Å². The molecule has 0 unspecified atom stereocenters. The van der Waals surface area contributed by atoms with Gasteiger partial charge in [-0.2, -0.15) is 0 Å². The van der Waals surface area contributed by atoms with Crippen molar-refractivity contribution in [3.63, 3.8) is 0 Å². The van der Waals surface area contributed by atoms with Crippen molar-refractivity contribution in [1.29, 1.82) is 0 Å². The van der Waals surface area contributed by atoms with Crippen molar-refractivity contribution in [3.8, 4) is 0 Å². The molecule has 12 heterocycles. The van der Waals surface area contributed by atoms with Gasteiger partial charge in [-0.15, -0.1) is 0 Å². The monoisotopic (exact) mass is 2500 g/mol. The molecule has 0 bridgehead atoms. The van der Waals surface area contributed by atoms with Crippen LogP contribution >= 0.6 is 0 Å². The van der Waals surface area contributed by atoms with Gasteiger partial charge in [-0.3, -0.25) is 28.2 Å². The molecule has 0 aromatic heterocycles. The van der Waals surface area contributed by atoms with E-state index in [0.717, 1.165) is 0 Å². The van der Waals surface area contributed by atoms with Gasteiger partial charge in [-0.05, 0) is 83.1 Å². The molecule has 12 fully saturated rings. The molecule has 12 aliphatic heterocycles. The van der Waals surface area contributed by atoms with Crippen LogP contribution in [0.3, 0.4) is 0 Å². The van der Waals surface area contributed by atoms with E-state index in [1.807, 2.05) is 0 Å². The molecular formula is C84H198F6N12O18Sb6. The van der Waals surface area contributed by atoms with Crippen LogP contribution in [0.1, 0.15) is 237 Å². The van der Waals surface area contributed by atoms with Crippen molar-refractivity contribution in [1.82, 2.24) is 0 Å². The Kier molecular flexibility index (Phi) is 107. The Bertz CT molecular complexity index is 1970. The van der Waals surface area contributed by atoms with Crippen molar-refractivity contribution in [2.75, 3.05) is 320 Å². The van der Waals surface area contributed by atoms with E-state index < -0.39 is 126 Å². The fraction of sp³-hybridized carbons (Fsp3) is 1.00. The molecule has 42 heteroatoms. The third-order valence-corrected chi connectivity index (χ3v) is 28.9. The topological polar surface area (TPSA) is 379 Å². The second kappa shape index (κ2) is 87.6. The normalized spacial score (nSPS) is 21.2. The molecule has 0 aromatic carbocycles. The van der Waals surface area contributed by atoms with Gasteiger partial charge in [0, 0.05) is 154 Å². The molecule has 0 saturated carbocycles. The predicted octanol–water partition coefficient (Wildman–Crippen LogP) is -1.39. The summed E-state index contributed by atoms with van der Waals surface area (Å²) in [5.41, 5.74) is 0. The van der Waals surface area contributed by atoms with Gasteiger partial charge in [0.2, 0.25) is 0 Å². The maximum absolute atomic E-state index is 8.60. The van der Waals surface area contributed by atoms with E-state index in [4.69, 9.17) is 58.7 Å². The maximum atomic E-state index is 8.60. The molecule has 126 heavy (non-hydrogen) atoms. The minimum atomic E-state index is -4.20. The van der Waals surface area contributed by atoms with Crippen LogP contribution in [0.2, 0.25) is 0 Å². The van der Waals surface area contributed by atoms with E-state index in [1.54, 1.807) is 0 Å². The molecule has 0 N–H and O–H groups in total. The summed E-state index contributed by atoms with van der Waals surface area (Å²) >= 11 is -25.2. The first-order chi connectivity index (χ1) is 55.6. The van der Waals surface area contributed by atoms with Crippen LogP contribution in [0.15, 0.2) is 0 Å². The molecule has 6 radical (unpaired) electrons. The Labute approximate surface area is 816 Å². The summed E-state index contributed by atoms with van der Waals surface area (Å²) in [7, 11) is 28.3. The van der Waals surface area contributed by atoms with Crippen LogP contribution in [-0.2, 0) is 18.1 Å². The van der Waals surface area contributed by atoms with Crippen molar-refractivity contribution in [2.45, 2.75) is 237 Å². The van der Waals surface area contributed by atoms with Crippen LogP contribution < -0.4 is 40.6 Å². The van der Waals surface area contributed by atoms with Crippen LogP contribution in [0, 0.1) is 0 Å². The van der Waals surface area contributed by atoms with Crippen LogP contribution in [0.4, 0.5) is 28.2 Å².